The lowest BCUT2D eigenvalue weighted by Gasteiger charge is -2.35. The first-order valence-electron chi connectivity index (χ1n) is 7.25. The van der Waals surface area contributed by atoms with E-state index < -0.39 is 0 Å². The molecule has 24 heavy (non-hydrogen) atoms. The van der Waals surface area contributed by atoms with Crippen LogP contribution in [0, 0.1) is 0 Å². The van der Waals surface area contributed by atoms with Crippen LogP contribution in [0.4, 0.5) is 16.2 Å². The summed E-state index contributed by atoms with van der Waals surface area (Å²) in [5, 5.41) is 0. The fourth-order valence-electron chi connectivity index (χ4n) is 2.38. The van der Waals surface area contributed by atoms with Gasteiger partial charge in [0.05, 0.1) is 5.69 Å². The van der Waals surface area contributed by atoms with Crippen LogP contribution in [0.2, 0.25) is 0 Å². The quantitative estimate of drug-likeness (QED) is 0.840. The monoisotopic (exact) mass is 370 g/mol. The normalized spacial score (nSPS) is 13.3. The summed E-state index contributed by atoms with van der Waals surface area (Å²) in [6.45, 7) is 2.84. The van der Waals surface area contributed by atoms with E-state index in [-0.39, 0.29) is 30.9 Å². The van der Waals surface area contributed by atoms with Gasteiger partial charge in [-0.25, -0.2) is 10.3 Å². The molecule has 1 fully saturated rings. The Morgan fingerprint density at radius 2 is 1.58 bits per heavy atom. The van der Waals surface area contributed by atoms with Gasteiger partial charge in [0, 0.05) is 44.3 Å². The molecule has 130 valence electrons. The number of benzene rings is 1. The van der Waals surface area contributed by atoms with E-state index in [1.165, 1.54) is 0 Å². The first-order valence-corrected chi connectivity index (χ1v) is 7.25. The number of carbonyl (C=O) groups is 1. The van der Waals surface area contributed by atoms with Crippen molar-refractivity contribution in [3.63, 3.8) is 0 Å². The number of nitrogens with one attached hydrogen (secondary N) is 1. The number of anilines is 2. The Labute approximate surface area is 153 Å². The summed E-state index contributed by atoms with van der Waals surface area (Å²) < 4.78 is 0. The Hall–Kier alpha value is -2.18. The van der Waals surface area contributed by atoms with Crippen molar-refractivity contribution < 1.29 is 9.63 Å². The number of carbonyl (C=O) groups excluding carboxylic acids is 1. The SMILES string of the molecule is Cl.Cl.O=C(ONc1ccccc1)N1CCN(c2ccncc2)CC1. The van der Waals surface area contributed by atoms with Crippen molar-refractivity contribution in [3.8, 4) is 0 Å². The van der Waals surface area contributed by atoms with Gasteiger partial charge in [-0.05, 0) is 24.3 Å². The van der Waals surface area contributed by atoms with Crippen LogP contribution in [0.1, 0.15) is 0 Å². The lowest BCUT2D eigenvalue weighted by molar-refractivity contribution is 0.120. The number of nitrogens with zero attached hydrogens (tertiary/aromatic N) is 3. The van der Waals surface area contributed by atoms with Crippen LogP contribution in [-0.4, -0.2) is 42.2 Å². The second kappa shape index (κ2) is 9.85. The Bertz CT molecular complexity index is 608. The molecule has 0 saturated carbocycles. The average Bonchev–Trinajstić information content (AvgIpc) is 2.61. The Morgan fingerprint density at radius 3 is 2.21 bits per heavy atom. The smallest absolute Gasteiger partial charge is 0.368 e. The maximum atomic E-state index is 12.0. The minimum atomic E-state index is -0.349. The van der Waals surface area contributed by atoms with E-state index in [2.05, 4.69) is 15.4 Å². The second-order valence-electron chi connectivity index (χ2n) is 5.02. The molecule has 1 aromatic carbocycles. The first kappa shape index (κ1) is 19.9. The molecule has 0 aliphatic carbocycles. The molecule has 0 bridgehead atoms. The van der Waals surface area contributed by atoms with Crippen LogP contribution in [0.5, 0.6) is 0 Å². The molecule has 0 atom stereocenters. The van der Waals surface area contributed by atoms with Gasteiger partial charge in [-0.3, -0.25) is 4.98 Å². The number of amides is 1. The molecule has 3 rings (SSSR count). The zero-order valence-electron chi connectivity index (χ0n) is 13.0. The maximum Gasteiger partial charge on any atom is 0.434 e. The molecule has 1 amide bonds. The number of hydrogen-bond acceptors (Lipinski definition) is 5. The molecular weight excluding hydrogens is 351 g/mol. The third-order valence-corrected chi connectivity index (χ3v) is 3.60. The lowest BCUT2D eigenvalue weighted by atomic mass is 10.3. The summed E-state index contributed by atoms with van der Waals surface area (Å²) in [4.78, 5) is 25.1. The van der Waals surface area contributed by atoms with Crippen LogP contribution >= 0.6 is 24.8 Å². The molecule has 0 spiro atoms. The highest BCUT2D eigenvalue weighted by molar-refractivity contribution is 5.85. The molecule has 1 aliphatic rings. The molecule has 6 nitrogen and oxygen atoms in total. The van der Waals surface area contributed by atoms with Crippen molar-refractivity contribution in [2.24, 2.45) is 0 Å². The summed E-state index contributed by atoms with van der Waals surface area (Å²) in [5.74, 6) is 0. The molecule has 1 aromatic heterocycles. The second-order valence-corrected chi connectivity index (χ2v) is 5.02. The van der Waals surface area contributed by atoms with Crippen molar-refractivity contribution >= 4 is 42.3 Å². The topological polar surface area (TPSA) is 57.7 Å². The molecule has 1 N–H and O–H groups in total. The lowest BCUT2D eigenvalue weighted by Crippen LogP contribution is -2.49. The highest BCUT2D eigenvalue weighted by Gasteiger charge is 2.22. The van der Waals surface area contributed by atoms with Gasteiger partial charge in [0.1, 0.15) is 0 Å². The van der Waals surface area contributed by atoms with Crippen LogP contribution in [0.15, 0.2) is 54.9 Å². The highest BCUT2D eigenvalue weighted by atomic mass is 35.5. The standard InChI is InChI=1S/C16H18N4O2.2ClH/c21-16(22-18-14-4-2-1-3-5-14)20-12-10-19(11-13-20)15-6-8-17-9-7-15;;/h1-9,18H,10-13H2;2*1H. The largest absolute Gasteiger partial charge is 0.434 e. The molecule has 2 aromatic rings. The number of hydrogen-bond donors (Lipinski definition) is 1. The van der Waals surface area contributed by atoms with Gasteiger partial charge in [0.25, 0.3) is 0 Å². The molecule has 1 aliphatic heterocycles. The highest BCUT2D eigenvalue weighted by Crippen LogP contribution is 2.15. The summed E-state index contributed by atoms with van der Waals surface area (Å²) in [6.07, 6.45) is 3.21. The predicted molar refractivity (Wildman–Crippen MR) is 99.1 cm³/mol. The predicted octanol–water partition coefficient (Wildman–Crippen LogP) is 3.21. The molecule has 8 heteroatoms. The van der Waals surface area contributed by atoms with Crippen molar-refractivity contribution in [3.05, 3.63) is 54.9 Å². The van der Waals surface area contributed by atoms with Gasteiger partial charge >= 0.3 is 6.09 Å². The minimum Gasteiger partial charge on any atom is -0.368 e. The van der Waals surface area contributed by atoms with E-state index in [4.69, 9.17) is 4.84 Å². The number of aromatic nitrogens is 1. The average molecular weight is 371 g/mol. The van der Waals surface area contributed by atoms with Gasteiger partial charge in [-0.1, -0.05) is 18.2 Å². The number of pyridine rings is 1. The van der Waals surface area contributed by atoms with Crippen LogP contribution in [0.3, 0.4) is 0 Å². The van der Waals surface area contributed by atoms with Crippen LogP contribution in [0.25, 0.3) is 0 Å². The number of piperazine rings is 1. The van der Waals surface area contributed by atoms with Gasteiger partial charge in [0.15, 0.2) is 0 Å². The van der Waals surface area contributed by atoms with Crippen LogP contribution < -0.4 is 10.4 Å². The number of para-hydroxylation sites is 1. The zero-order valence-corrected chi connectivity index (χ0v) is 14.6. The summed E-state index contributed by atoms with van der Waals surface area (Å²) in [6, 6.07) is 13.3. The van der Waals surface area contributed by atoms with Crippen molar-refractivity contribution in [1.29, 1.82) is 0 Å². The third-order valence-electron chi connectivity index (χ3n) is 3.60. The molecule has 1 saturated heterocycles. The minimum absolute atomic E-state index is 0. The van der Waals surface area contributed by atoms with E-state index in [1.54, 1.807) is 17.3 Å². The van der Waals surface area contributed by atoms with Gasteiger partial charge in [0.2, 0.25) is 0 Å². The van der Waals surface area contributed by atoms with Crippen LogP contribution in [-0.2, 0) is 4.84 Å². The van der Waals surface area contributed by atoms with Crippen molar-refractivity contribution in [2.45, 2.75) is 0 Å². The first-order chi connectivity index (χ1) is 10.8. The summed E-state index contributed by atoms with van der Waals surface area (Å²) in [7, 11) is 0. The molecule has 0 unspecified atom stereocenters. The van der Waals surface area contributed by atoms with Gasteiger partial charge < -0.3 is 14.6 Å². The van der Waals surface area contributed by atoms with Gasteiger partial charge in [-0.2, -0.15) is 0 Å². The Kier molecular flexibility index (Phi) is 8.15. The Balaban J connectivity index is 0.00000144. The molecule has 0 radical (unpaired) electrons. The zero-order chi connectivity index (χ0) is 15.2. The van der Waals surface area contributed by atoms with Crippen molar-refractivity contribution in [2.75, 3.05) is 36.6 Å². The van der Waals surface area contributed by atoms with E-state index in [0.29, 0.717) is 13.1 Å². The van der Waals surface area contributed by atoms with Crippen molar-refractivity contribution in [1.82, 2.24) is 9.88 Å². The summed E-state index contributed by atoms with van der Waals surface area (Å²) in [5.41, 5.74) is 4.56. The maximum absolute atomic E-state index is 12.0. The summed E-state index contributed by atoms with van der Waals surface area (Å²) >= 11 is 0. The van der Waals surface area contributed by atoms with E-state index in [0.717, 1.165) is 24.5 Å². The van der Waals surface area contributed by atoms with E-state index in [9.17, 15) is 4.79 Å². The molecular formula is C16H20Cl2N4O2. The fraction of sp³-hybridized carbons (Fsp3) is 0.250. The number of halogens is 2. The van der Waals surface area contributed by atoms with E-state index >= 15 is 0 Å². The van der Waals surface area contributed by atoms with E-state index in [1.807, 2.05) is 42.5 Å². The number of rotatable bonds is 3. The third kappa shape index (κ3) is 5.18. The van der Waals surface area contributed by atoms with Gasteiger partial charge in [-0.15, -0.1) is 24.8 Å². The Morgan fingerprint density at radius 1 is 0.958 bits per heavy atom. The fourth-order valence-corrected chi connectivity index (χ4v) is 2.38. The molecule has 2 heterocycles.